The molecule has 1 aromatic rings. The lowest BCUT2D eigenvalue weighted by Gasteiger charge is -2.21. The van der Waals surface area contributed by atoms with Crippen molar-refractivity contribution < 1.29 is 4.74 Å². The second-order valence-corrected chi connectivity index (χ2v) is 6.54. The van der Waals surface area contributed by atoms with Crippen LogP contribution in [0.2, 0.25) is 0 Å². The van der Waals surface area contributed by atoms with E-state index in [4.69, 9.17) is 15.3 Å². The Labute approximate surface area is 160 Å². The molecule has 1 aromatic carbocycles. The molecule has 27 heavy (non-hydrogen) atoms. The first-order valence-corrected chi connectivity index (χ1v) is 8.83. The van der Waals surface area contributed by atoms with E-state index in [0.717, 1.165) is 24.3 Å². The fourth-order valence-electron chi connectivity index (χ4n) is 3.05. The number of benzene rings is 1. The third-order valence-corrected chi connectivity index (χ3v) is 4.53. The molecule has 0 N–H and O–H groups in total. The van der Waals surface area contributed by atoms with Gasteiger partial charge in [-0.25, -0.2) is 0 Å². The number of anilines is 1. The second kappa shape index (κ2) is 8.26. The normalized spacial score (nSPS) is 15.1. The van der Waals surface area contributed by atoms with Crippen LogP contribution in [0.1, 0.15) is 33.3 Å². The van der Waals surface area contributed by atoms with Crippen LogP contribution in [-0.4, -0.2) is 18.7 Å². The molecular formula is C22H22N4O. The quantitative estimate of drug-likeness (QED) is 0.725. The maximum absolute atomic E-state index is 9.55. The first-order valence-electron chi connectivity index (χ1n) is 8.83. The molecule has 0 atom stereocenters. The molecule has 0 bridgehead atoms. The van der Waals surface area contributed by atoms with Crippen molar-refractivity contribution in [3.8, 4) is 18.2 Å². The Balaban J connectivity index is 2.41. The topological polar surface area (TPSA) is 83.8 Å². The molecule has 5 heteroatoms. The van der Waals surface area contributed by atoms with E-state index in [0.29, 0.717) is 5.57 Å². The Kier molecular flexibility index (Phi) is 6.07. The average Bonchev–Trinajstić information content (AvgIpc) is 2.92. The predicted molar refractivity (Wildman–Crippen MR) is 105 cm³/mol. The molecule has 0 saturated heterocycles. The number of ether oxygens (including phenoxy) is 1. The van der Waals surface area contributed by atoms with Crippen molar-refractivity contribution in [2.24, 2.45) is 0 Å². The maximum atomic E-state index is 9.55. The van der Waals surface area contributed by atoms with Crippen molar-refractivity contribution >= 4 is 11.8 Å². The molecule has 1 aliphatic heterocycles. The van der Waals surface area contributed by atoms with E-state index in [2.05, 4.69) is 36.9 Å². The van der Waals surface area contributed by atoms with E-state index < -0.39 is 5.60 Å². The Morgan fingerprint density at radius 3 is 2.11 bits per heavy atom. The summed E-state index contributed by atoms with van der Waals surface area (Å²) < 4.78 is 5.76. The van der Waals surface area contributed by atoms with Crippen molar-refractivity contribution in [2.45, 2.75) is 33.3 Å². The highest BCUT2D eigenvalue weighted by Crippen LogP contribution is 2.40. The molecule has 0 unspecified atom stereocenters. The van der Waals surface area contributed by atoms with Gasteiger partial charge in [-0.1, -0.05) is 24.3 Å². The predicted octanol–water partition coefficient (Wildman–Crippen LogP) is 4.48. The molecular weight excluding hydrogens is 336 g/mol. The van der Waals surface area contributed by atoms with Crippen LogP contribution < -0.4 is 4.90 Å². The molecule has 0 spiro atoms. The lowest BCUT2D eigenvalue weighted by Crippen LogP contribution is -2.21. The van der Waals surface area contributed by atoms with E-state index in [-0.39, 0.29) is 16.9 Å². The lowest BCUT2D eigenvalue weighted by molar-refractivity contribution is 0.0954. The number of nitriles is 3. The first-order chi connectivity index (χ1) is 12.9. The van der Waals surface area contributed by atoms with Crippen LogP contribution in [-0.2, 0) is 4.74 Å². The van der Waals surface area contributed by atoms with Crippen molar-refractivity contribution in [3.05, 3.63) is 58.4 Å². The Morgan fingerprint density at radius 2 is 1.63 bits per heavy atom. The zero-order chi connectivity index (χ0) is 20.0. The minimum Gasteiger partial charge on any atom is -0.480 e. The number of allylic oxidation sites excluding steroid dienone is 2. The van der Waals surface area contributed by atoms with Crippen LogP contribution in [0, 0.1) is 34.0 Å². The van der Waals surface area contributed by atoms with Crippen LogP contribution in [0.3, 0.4) is 0 Å². The Bertz CT molecular complexity index is 909. The summed E-state index contributed by atoms with van der Waals surface area (Å²) in [7, 11) is 0. The molecule has 0 aromatic heterocycles. The molecule has 1 heterocycles. The van der Waals surface area contributed by atoms with Gasteiger partial charge in [0.15, 0.2) is 11.3 Å². The van der Waals surface area contributed by atoms with Gasteiger partial charge in [-0.05, 0) is 45.4 Å². The minimum absolute atomic E-state index is 0.0593. The van der Waals surface area contributed by atoms with Gasteiger partial charge in [0, 0.05) is 24.4 Å². The summed E-state index contributed by atoms with van der Waals surface area (Å²) >= 11 is 0. The van der Waals surface area contributed by atoms with Crippen LogP contribution in [0.4, 0.5) is 5.69 Å². The summed E-state index contributed by atoms with van der Waals surface area (Å²) in [6.45, 7) is 9.77. The SMILES string of the molecule is CCN(CC)c1ccc(C=CC2=C(C#N)C(=C(C#N)C#N)OC2(C)C)cc1. The average molecular weight is 358 g/mol. The largest absolute Gasteiger partial charge is 0.480 e. The van der Waals surface area contributed by atoms with Gasteiger partial charge in [0.25, 0.3) is 0 Å². The van der Waals surface area contributed by atoms with E-state index in [1.165, 1.54) is 0 Å². The zero-order valence-corrected chi connectivity index (χ0v) is 16.1. The number of rotatable bonds is 5. The second-order valence-electron chi connectivity index (χ2n) is 6.54. The molecule has 0 aliphatic carbocycles. The maximum Gasteiger partial charge on any atom is 0.172 e. The highest BCUT2D eigenvalue weighted by atomic mass is 16.5. The van der Waals surface area contributed by atoms with Gasteiger partial charge in [-0.2, -0.15) is 15.8 Å². The summed E-state index contributed by atoms with van der Waals surface area (Å²) in [5.74, 6) is 0.0593. The molecule has 136 valence electrons. The van der Waals surface area contributed by atoms with Gasteiger partial charge in [0.05, 0.1) is 0 Å². The van der Waals surface area contributed by atoms with Gasteiger partial charge in [-0.15, -0.1) is 0 Å². The van der Waals surface area contributed by atoms with Gasteiger partial charge >= 0.3 is 0 Å². The number of nitrogens with zero attached hydrogens (tertiary/aromatic N) is 4. The van der Waals surface area contributed by atoms with Crippen LogP contribution >= 0.6 is 0 Å². The summed E-state index contributed by atoms with van der Waals surface area (Å²) in [6, 6.07) is 13.8. The smallest absolute Gasteiger partial charge is 0.172 e. The number of hydrogen-bond acceptors (Lipinski definition) is 5. The molecule has 2 rings (SSSR count). The van der Waals surface area contributed by atoms with E-state index in [9.17, 15) is 5.26 Å². The van der Waals surface area contributed by atoms with Crippen molar-refractivity contribution in [1.29, 1.82) is 15.8 Å². The fourth-order valence-corrected chi connectivity index (χ4v) is 3.05. The Morgan fingerprint density at radius 1 is 1.04 bits per heavy atom. The number of hydrogen-bond donors (Lipinski definition) is 0. The van der Waals surface area contributed by atoms with Gasteiger partial charge in [0.1, 0.15) is 29.4 Å². The highest BCUT2D eigenvalue weighted by Gasteiger charge is 2.38. The third kappa shape index (κ3) is 4.02. The minimum atomic E-state index is -0.795. The van der Waals surface area contributed by atoms with Crippen molar-refractivity contribution in [2.75, 3.05) is 18.0 Å². The van der Waals surface area contributed by atoms with Gasteiger partial charge < -0.3 is 9.64 Å². The Hall–Kier alpha value is -3.49. The molecule has 0 radical (unpaired) electrons. The molecule has 5 nitrogen and oxygen atoms in total. The van der Waals surface area contributed by atoms with E-state index >= 15 is 0 Å². The zero-order valence-electron chi connectivity index (χ0n) is 16.1. The van der Waals surface area contributed by atoms with Crippen molar-refractivity contribution in [1.82, 2.24) is 0 Å². The van der Waals surface area contributed by atoms with Crippen LogP contribution in [0.15, 0.2) is 52.8 Å². The van der Waals surface area contributed by atoms with Crippen molar-refractivity contribution in [3.63, 3.8) is 0 Å². The van der Waals surface area contributed by atoms with E-state index in [1.54, 1.807) is 12.1 Å². The lowest BCUT2D eigenvalue weighted by atomic mass is 9.94. The van der Waals surface area contributed by atoms with Gasteiger partial charge in [-0.3, -0.25) is 0 Å². The molecule has 1 aliphatic rings. The summed E-state index contributed by atoms with van der Waals surface area (Å²) in [6.07, 6.45) is 3.73. The molecule has 0 fully saturated rings. The first kappa shape index (κ1) is 19.8. The van der Waals surface area contributed by atoms with E-state index in [1.807, 2.05) is 38.1 Å². The standard InChI is InChI=1S/C22H22N4O/c1-5-26(6-2)18-10-7-16(8-11-18)9-12-20-19(15-25)21(17(13-23)14-24)27-22(20,3)4/h7-12H,5-6H2,1-4H3. The van der Waals surface area contributed by atoms with Gasteiger partial charge in [0.2, 0.25) is 0 Å². The van der Waals surface area contributed by atoms with Crippen LogP contribution in [0.5, 0.6) is 0 Å². The summed E-state index contributed by atoms with van der Waals surface area (Å²) in [5, 5.41) is 27.8. The third-order valence-electron chi connectivity index (χ3n) is 4.53. The summed E-state index contributed by atoms with van der Waals surface area (Å²) in [5.41, 5.74) is 2.05. The van der Waals surface area contributed by atoms with Crippen LogP contribution in [0.25, 0.3) is 6.08 Å². The molecule has 0 saturated carbocycles. The highest BCUT2D eigenvalue weighted by molar-refractivity contribution is 5.65. The fraction of sp³-hybridized carbons (Fsp3) is 0.318. The summed E-state index contributed by atoms with van der Waals surface area (Å²) in [4.78, 5) is 2.26. The monoisotopic (exact) mass is 358 g/mol. The molecule has 0 amide bonds.